The van der Waals surface area contributed by atoms with Crippen LogP contribution in [0, 0.1) is 5.41 Å². The molecule has 0 aliphatic carbocycles. The van der Waals surface area contributed by atoms with Gasteiger partial charge in [0.15, 0.2) is 5.12 Å². The summed E-state index contributed by atoms with van der Waals surface area (Å²) in [7, 11) is 0. The lowest BCUT2D eigenvalue weighted by Crippen LogP contribution is -2.44. The maximum Gasteiger partial charge on any atom is 0.197 e. The number of carbonyl (C=O) groups is 1. The van der Waals surface area contributed by atoms with Crippen LogP contribution in [0.1, 0.15) is 39.7 Å². The summed E-state index contributed by atoms with van der Waals surface area (Å²) in [5.74, 6) is 0.799. The molecule has 0 saturated heterocycles. The highest BCUT2D eigenvalue weighted by atomic mass is 32.2. The molecule has 0 spiro atoms. The SMILES string of the molecule is CCCSC(=O)C(C)(C)C(C)(O)c1ccccc1. The molecule has 0 heterocycles. The zero-order valence-corrected chi connectivity index (χ0v) is 12.4. The first-order chi connectivity index (χ1) is 8.34. The van der Waals surface area contributed by atoms with E-state index in [1.807, 2.05) is 51.1 Å². The third-order valence-electron chi connectivity index (χ3n) is 3.50. The van der Waals surface area contributed by atoms with E-state index in [1.165, 1.54) is 11.8 Å². The molecule has 0 radical (unpaired) electrons. The lowest BCUT2D eigenvalue weighted by atomic mass is 9.73. The number of thioether (sulfide) groups is 1. The summed E-state index contributed by atoms with van der Waals surface area (Å²) in [5.41, 5.74) is -1.19. The molecule has 1 atom stereocenters. The van der Waals surface area contributed by atoms with Crippen molar-refractivity contribution in [3.05, 3.63) is 35.9 Å². The molecule has 1 N–H and O–H groups in total. The van der Waals surface area contributed by atoms with Crippen LogP contribution in [0.15, 0.2) is 30.3 Å². The zero-order valence-electron chi connectivity index (χ0n) is 11.6. The van der Waals surface area contributed by atoms with E-state index >= 15 is 0 Å². The Morgan fingerprint density at radius 2 is 1.78 bits per heavy atom. The van der Waals surface area contributed by atoms with E-state index in [0.717, 1.165) is 17.7 Å². The summed E-state index contributed by atoms with van der Waals surface area (Å²) in [6.07, 6.45) is 0.958. The summed E-state index contributed by atoms with van der Waals surface area (Å²) in [4.78, 5) is 12.2. The van der Waals surface area contributed by atoms with Crippen molar-refractivity contribution in [1.29, 1.82) is 0 Å². The van der Waals surface area contributed by atoms with Crippen molar-refractivity contribution in [3.8, 4) is 0 Å². The molecule has 1 unspecified atom stereocenters. The molecule has 0 aliphatic heterocycles. The average molecular weight is 266 g/mol. The minimum Gasteiger partial charge on any atom is -0.384 e. The molecule has 0 aromatic heterocycles. The van der Waals surface area contributed by atoms with Crippen LogP contribution < -0.4 is 0 Å². The molecule has 3 heteroatoms. The number of benzene rings is 1. The van der Waals surface area contributed by atoms with Crippen LogP contribution in [0.3, 0.4) is 0 Å². The van der Waals surface area contributed by atoms with Gasteiger partial charge in [-0.3, -0.25) is 4.79 Å². The second kappa shape index (κ2) is 5.89. The van der Waals surface area contributed by atoms with E-state index in [4.69, 9.17) is 0 Å². The van der Waals surface area contributed by atoms with E-state index in [2.05, 4.69) is 0 Å². The Kier molecular flexibility index (Phi) is 5.00. The topological polar surface area (TPSA) is 37.3 Å². The maximum atomic E-state index is 12.2. The number of carbonyl (C=O) groups excluding carboxylic acids is 1. The lowest BCUT2D eigenvalue weighted by molar-refractivity contribution is -0.133. The second-order valence-corrected chi connectivity index (χ2v) is 6.27. The van der Waals surface area contributed by atoms with Crippen LogP contribution in [0.4, 0.5) is 0 Å². The fourth-order valence-electron chi connectivity index (χ4n) is 1.70. The predicted molar refractivity (Wildman–Crippen MR) is 77.5 cm³/mol. The van der Waals surface area contributed by atoms with Gasteiger partial charge in [-0.2, -0.15) is 0 Å². The Morgan fingerprint density at radius 3 is 2.28 bits per heavy atom. The molecular weight excluding hydrogens is 244 g/mol. The first kappa shape index (κ1) is 15.3. The van der Waals surface area contributed by atoms with Crippen LogP contribution >= 0.6 is 11.8 Å². The van der Waals surface area contributed by atoms with E-state index in [9.17, 15) is 9.90 Å². The molecule has 100 valence electrons. The van der Waals surface area contributed by atoms with Crippen molar-refractivity contribution in [1.82, 2.24) is 0 Å². The molecule has 0 aliphatic rings. The van der Waals surface area contributed by atoms with Gasteiger partial charge < -0.3 is 5.11 Å². The normalized spacial score (nSPS) is 15.2. The van der Waals surface area contributed by atoms with Crippen molar-refractivity contribution >= 4 is 16.9 Å². The molecule has 18 heavy (non-hydrogen) atoms. The second-order valence-electron chi connectivity index (χ2n) is 5.20. The third kappa shape index (κ3) is 2.96. The summed E-state index contributed by atoms with van der Waals surface area (Å²) in [6.45, 7) is 7.38. The standard InChI is InChI=1S/C15H22O2S/c1-5-11-18-13(16)14(2,3)15(4,17)12-9-7-6-8-10-12/h6-10,17H,5,11H2,1-4H3. The molecule has 0 saturated carbocycles. The molecule has 0 fully saturated rings. The lowest BCUT2D eigenvalue weighted by Gasteiger charge is -2.38. The fourth-order valence-corrected chi connectivity index (χ4v) is 2.65. The first-order valence-electron chi connectivity index (χ1n) is 6.29. The largest absolute Gasteiger partial charge is 0.384 e. The fraction of sp³-hybridized carbons (Fsp3) is 0.533. The summed E-state index contributed by atoms with van der Waals surface area (Å²) < 4.78 is 0. The smallest absolute Gasteiger partial charge is 0.197 e. The van der Waals surface area contributed by atoms with Gasteiger partial charge in [-0.05, 0) is 32.8 Å². The van der Waals surface area contributed by atoms with E-state index in [0.29, 0.717) is 0 Å². The van der Waals surface area contributed by atoms with Crippen molar-refractivity contribution < 1.29 is 9.90 Å². The Hall–Kier alpha value is -0.800. The van der Waals surface area contributed by atoms with Crippen molar-refractivity contribution in [2.45, 2.75) is 39.7 Å². The zero-order chi connectivity index (χ0) is 13.8. The van der Waals surface area contributed by atoms with Crippen LogP contribution in [-0.2, 0) is 10.4 Å². The van der Waals surface area contributed by atoms with Gasteiger partial charge in [-0.25, -0.2) is 0 Å². The van der Waals surface area contributed by atoms with Gasteiger partial charge in [0.2, 0.25) is 0 Å². The van der Waals surface area contributed by atoms with Crippen LogP contribution in [0.5, 0.6) is 0 Å². The summed E-state index contributed by atoms with van der Waals surface area (Å²) in [6, 6.07) is 9.38. The molecular formula is C15H22O2S. The third-order valence-corrected chi connectivity index (χ3v) is 4.89. The Labute approximate surface area is 114 Å². The minimum absolute atomic E-state index is 0.0400. The summed E-state index contributed by atoms with van der Waals surface area (Å²) in [5, 5.41) is 10.8. The summed E-state index contributed by atoms with van der Waals surface area (Å²) >= 11 is 1.31. The Balaban J connectivity index is 2.99. The van der Waals surface area contributed by atoms with E-state index in [1.54, 1.807) is 6.92 Å². The first-order valence-corrected chi connectivity index (χ1v) is 7.27. The average Bonchev–Trinajstić information content (AvgIpc) is 2.36. The van der Waals surface area contributed by atoms with Gasteiger partial charge in [0.1, 0.15) is 0 Å². The number of rotatable bonds is 5. The van der Waals surface area contributed by atoms with Gasteiger partial charge >= 0.3 is 0 Å². The van der Waals surface area contributed by atoms with Crippen LogP contribution in [-0.4, -0.2) is 16.0 Å². The Morgan fingerprint density at radius 1 is 1.22 bits per heavy atom. The van der Waals surface area contributed by atoms with Crippen molar-refractivity contribution in [3.63, 3.8) is 0 Å². The quantitative estimate of drug-likeness (QED) is 0.885. The van der Waals surface area contributed by atoms with Crippen LogP contribution in [0.25, 0.3) is 0 Å². The highest BCUT2D eigenvalue weighted by molar-refractivity contribution is 8.13. The van der Waals surface area contributed by atoms with Gasteiger partial charge in [-0.1, -0.05) is 49.0 Å². The van der Waals surface area contributed by atoms with Crippen molar-refractivity contribution in [2.24, 2.45) is 5.41 Å². The molecule has 1 aromatic carbocycles. The number of aliphatic hydroxyl groups is 1. The monoisotopic (exact) mass is 266 g/mol. The highest BCUT2D eigenvalue weighted by Gasteiger charge is 2.46. The van der Waals surface area contributed by atoms with Gasteiger partial charge in [0, 0.05) is 5.75 Å². The molecule has 0 amide bonds. The molecule has 1 aromatic rings. The van der Waals surface area contributed by atoms with E-state index in [-0.39, 0.29) is 5.12 Å². The van der Waals surface area contributed by atoms with Gasteiger partial charge in [-0.15, -0.1) is 0 Å². The Bertz CT molecular complexity index is 396. The molecule has 0 bridgehead atoms. The molecule has 2 nitrogen and oxygen atoms in total. The maximum absolute atomic E-state index is 12.2. The van der Waals surface area contributed by atoms with Crippen LogP contribution in [0.2, 0.25) is 0 Å². The number of hydrogen-bond acceptors (Lipinski definition) is 3. The van der Waals surface area contributed by atoms with Gasteiger partial charge in [0.25, 0.3) is 0 Å². The molecule has 1 rings (SSSR count). The minimum atomic E-state index is -1.16. The highest BCUT2D eigenvalue weighted by Crippen LogP contribution is 2.42. The van der Waals surface area contributed by atoms with Gasteiger partial charge in [0.05, 0.1) is 11.0 Å². The van der Waals surface area contributed by atoms with Crippen molar-refractivity contribution in [2.75, 3.05) is 5.75 Å². The number of hydrogen-bond donors (Lipinski definition) is 1. The van der Waals surface area contributed by atoms with E-state index < -0.39 is 11.0 Å². The predicted octanol–water partition coefficient (Wildman–Crippen LogP) is 3.59.